The van der Waals surface area contributed by atoms with Crippen molar-refractivity contribution in [1.82, 2.24) is 9.80 Å². The van der Waals surface area contributed by atoms with Crippen molar-refractivity contribution in [2.24, 2.45) is 0 Å². The molecular formula is C28H32N2O9. The van der Waals surface area contributed by atoms with Gasteiger partial charge in [-0.3, -0.25) is 33.8 Å². The lowest BCUT2D eigenvalue weighted by Crippen LogP contribution is -2.74. The van der Waals surface area contributed by atoms with E-state index in [0.29, 0.717) is 16.7 Å². The van der Waals surface area contributed by atoms with Crippen LogP contribution in [0.2, 0.25) is 0 Å². The predicted molar refractivity (Wildman–Crippen MR) is 135 cm³/mol. The maximum Gasteiger partial charge on any atom is 0.302 e. The number of rotatable bonds is 5. The number of hydrogen-bond donors (Lipinski definition) is 0. The first-order valence-corrected chi connectivity index (χ1v) is 12.8. The van der Waals surface area contributed by atoms with Crippen molar-refractivity contribution >= 4 is 29.1 Å². The summed E-state index contributed by atoms with van der Waals surface area (Å²) in [4.78, 5) is 70.3. The summed E-state index contributed by atoms with van der Waals surface area (Å²) in [6.45, 7) is 4.19. The Labute approximate surface area is 226 Å². The van der Waals surface area contributed by atoms with E-state index in [4.69, 9.17) is 18.9 Å². The molecule has 0 aromatic heterocycles. The first kappa shape index (κ1) is 27.2. The highest BCUT2D eigenvalue weighted by Gasteiger charge is 2.60. The molecule has 1 saturated heterocycles. The van der Waals surface area contributed by atoms with Crippen molar-refractivity contribution in [3.8, 4) is 0 Å². The Morgan fingerprint density at radius 3 is 1.85 bits per heavy atom. The van der Waals surface area contributed by atoms with Gasteiger partial charge in [-0.05, 0) is 33.7 Å². The molecule has 2 bridgehead atoms. The first-order valence-electron chi connectivity index (χ1n) is 12.8. The maximum atomic E-state index is 13.8. The number of methoxy groups -OCH3 is 3. The van der Waals surface area contributed by atoms with Crippen LogP contribution in [0.25, 0.3) is 0 Å². The zero-order chi connectivity index (χ0) is 28.5. The molecule has 5 aliphatic rings. The van der Waals surface area contributed by atoms with E-state index in [2.05, 4.69) is 0 Å². The number of likely N-dealkylation sites (N-methyl/N-ethyl adjacent to an activating group) is 1. The minimum absolute atomic E-state index is 0.00521. The van der Waals surface area contributed by atoms with E-state index in [1.54, 1.807) is 13.8 Å². The number of Topliss-reactive ketones (excluding diaryl/α,β-unsaturated/α-hetero) is 4. The van der Waals surface area contributed by atoms with Crippen LogP contribution in [0.3, 0.4) is 0 Å². The van der Waals surface area contributed by atoms with Crippen LogP contribution in [-0.2, 0) is 42.9 Å². The molecule has 5 atom stereocenters. The van der Waals surface area contributed by atoms with Crippen molar-refractivity contribution in [1.29, 1.82) is 0 Å². The molecule has 208 valence electrons. The third kappa shape index (κ3) is 3.70. The summed E-state index contributed by atoms with van der Waals surface area (Å²) in [6, 6.07) is -2.36. The summed E-state index contributed by atoms with van der Waals surface area (Å²) in [5.41, 5.74) is 1.71. The van der Waals surface area contributed by atoms with Gasteiger partial charge in [0.25, 0.3) is 0 Å². The second-order valence-electron chi connectivity index (χ2n) is 10.5. The Morgan fingerprint density at radius 2 is 1.33 bits per heavy atom. The number of ether oxygens (including phenoxy) is 4. The summed E-state index contributed by atoms with van der Waals surface area (Å²) in [7, 11) is 6.10. The highest BCUT2D eigenvalue weighted by Crippen LogP contribution is 2.49. The van der Waals surface area contributed by atoms with Crippen molar-refractivity contribution in [2.75, 3.05) is 35.0 Å². The smallest absolute Gasteiger partial charge is 0.302 e. The van der Waals surface area contributed by atoms with Crippen LogP contribution in [0.1, 0.15) is 33.6 Å². The molecule has 0 amide bonds. The van der Waals surface area contributed by atoms with Gasteiger partial charge in [0, 0.05) is 53.5 Å². The molecule has 0 unspecified atom stereocenters. The number of esters is 1. The lowest BCUT2D eigenvalue weighted by atomic mass is 9.68. The number of allylic oxidation sites excluding steroid dienone is 4. The fourth-order valence-electron chi connectivity index (χ4n) is 7.03. The molecule has 1 fully saturated rings. The summed E-state index contributed by atoms with van der Waals surface area (Å²) in [5.74, 6) is -1.97. The second-order valence-corrected chi connectivity index (χ2v) is 10.5. The van der Waals surface area contributed by atoms with E-state index in [1.807, 2.05) is 16.8 Å². The standard InChI is InChI=1S/C28H32N2O9/c1-11-22(32)14-8-16-21-20-15(23(33)12(2)27(37-6)25(20)35)9-17(29(21)4)28(38-7)30(16)18(10-39-13(3)31)19(14)24(34)26(11)36-5/h16-18,21,28H,8-10H2,1-7H3/t16-,17-,18-,21-,28-/m0/s1. The number of hydrogen-bond acceptors (Lipinski definition) is 11. The fraction of sp³-hybridized carbons (Fsp3) is 0.536. The molecular weight excluding hydrogens is 508 g/mol. The van der Waals surface area contributed by atoms with Crippen molar-refractivity contribution in [3.05, 3.63) is 45.0 Å². The topological polar surface area (TPSA) is 129 Å². The Bertz CT molecular complexity index is 1350. The van der Waals surface area contributed by atoms with Gasteiger partial charge in [0.15, 0.2) is 23.1 Å². The first-order chi connectivity index (χ1) is 18.5. The van der Waals surface area contributed by atoms with E-state index in [0.717, 1.165) is 0 Å². The lowest BCUT2D eigenvalue weighted by Gasteiger charge is -2.61. The van der Waals surface area contributed by atoms with Gasteiger partial charge >= 0.3 is 5.97 Å². The van der Waals surface area contributed by atoms with Gasteiger partial charge in [0.2, 0.25) is 11.6 Å². The number of carbonyl (C=O) groups excluding carboxylic acids is 5. The quantitative estimate of drug-likeness (QED) is 0.363. The third-order valence-corrected chi connectivity index (χ3v) is 8.70. The molecule has 11 nitrogen and oxygen atoms in total. The second kappa shape index (κ2) is 9.65. The van der Waals surface area contributed by atoms with E-state index >= 15 is 0 Å². The van der Waals surface area contributed by atoms with Crippen LogP contribution in [0.15, 0.2) is 45.0 Å². The average molecular weight is 541 g/mol. The SMILES string of the molecule is COC1=C(C)C(=O)C2=C(C1=O)[C@@H]1[C@@H]3CC4=C(C(=O)C(OC)=C(C)C4=O)[C@H](COC(C)=O)N3[C@@H](OC)[C@H](C2)N1C. The zero-order valence-electron chi connectivity index (χ0n) is 23.1. The molecule has 3 heterocycles. The third-order valence-electron chi connectivity index (χ3n) is 8.70. The van der Waals surface area contributed by atoms with Gasteiger partial charge in [0.05, 0.1) is 32.3 Å². The monoisotopic (exact) mass is 540 g/mol. The number of piperazine rings is 1. The van der Waals surface area contributed by atoms with E-state index in [1.165, 1.54) is 28.3 Å². The van der Waals surface area contributed by atoms with E-state index in [9.17, 15) is 24.0 Å². The largest absolute Gasteiger partial charge is 0.492 e. The predicted octanol–water partition coefficient (Wildman–Crippen LogP) is 0.789. The molecule has 3 aliphatic heterocycles. The molecule has 0 radical (unpaired) electrons. The van der Waals surface area contributed by atoms with Crippen molar-refractivity contribution in [3.63, 3.8) is 0 Å². The molecule has 0 saturated carbocycles. The van der Waals surface area contributed by atoms with Gasteiger partial charge in [-0.25, -0.2) is 0 Å². The van der Waals surface area contributed by atoms with Gasteiger partial charge in [0.1, 0.15) is 12.8 Å². The van der Waals surface area contributed by atoms with Crippen LogP contribution >= 0.6 is 0 Å². The molecule has 0 spiro atoms. The van der Waals surface area contributed by atoms with Crippen LogP contribution in [0.5, 0.6) is 0 Å². The fourth-order valence-corrected chi connectivity index (χ4v) is 7.03. The van der Waals surface area contributed by atoms with Crippen LogP contribution in [0, 0.1) is 0 Å². The Hall–Kier alpha value is -3.41. The number of fused-ring (bicyclic) bond motifs is 5. The van der Waals surface area contributed by atoms with Crippen LogP contribution in [-0.4, -0.2) is 104 Å². The van der Waals surface area contributed by atoms with Crippen LogP contribution < -0.4 is 0 Å². The molecule has 0 aromatic carbocycles. The summed E-state index contributed by atoms with van der Waals surface area (Å²) in [5, 5.41) is 0. The molecule has 39 heavy (non-hydrogen) atoms. The summed E-state index contributed by atoms with van der Waals surface area (Å²) >= 11 is 0. The zero-order valence-corrected chi connectivity index (χ0v) is 23.1. The molecule has 0 N–H and O–H groups in total. The highest BCUT2D eigenvalue weighted by molar-refractivity contribution is 6.26. The van der Waals surface area contributed by atoms with Crippen molar-refractivity contribution in [2.45, 2.75) is 64.0 Å². The minimum atomic E-state index is -0.836. The Balaban J connectivity index is 1.72. The normalized spacial score (nSPS) is 31.4. The Morgan fingerprint density at radius 1 is 0.821 bits per heavy atom. The highest BCUT2D eigenvalue weighted by atomic mass is 16.5. The van der Waals surface area contributed by atoms with Gasteiger partial charge in [-0.2, -0.15) is 0 Å². The minimum Gasteiger partial charge on any atom is -0.492 e. The van der Waals surface area contributed by atoms with Crippen molar-refractivity contribution < 1.29 is 42.9 Å². The average Bonchev–Trinajstić information content (AvgIpc) is 2.89. The maximum absolute atomic E-state index is 13.8. The van der Waals surface area contributed by atoms with Crippen LogP contribution in [0.4, 0.5) is 0 Å². The number of carbonyl (C=O) groups is 5. The molecule has 2 aliphatic carbocycles. The summed E-state index contributed by atoms with van der Waals surface area (Å²) < 4.78 is 22.1. The Kier molecular flexibility index (Phi) is 6.72. The van der Waals surface area contributed by atoms with E-state index < -0.39 is 36.1 Å². The lowest BCUT2D eigenvalue weighted by molar-refractivity contribution is -0.182. The van der Waals surface area contributed by atoms with Gasteiger partial charge in [-0.15, -0.1) is 0 Å². The molecule has 0 aromatic rings. The molecule has 5 rings (SSSR count). The van der Waals surface area contributed by atoms with Gasteiger partial charge in [-0.1, -0.05) is 0 Å². The van der Waals surface area contributed by atoms with E-state index in [-0.39, 0.29) is 71.1 Å². The number of nitrogens with zero attached hydrogens (tertiary/aromatic N) is 2. The van der Waals surface area contributed by atoms with Gasteiger partial charge < -0.3 is 18.9 Å². The summed E-state index contributed by atoms with van der Waals surface area (Å²) in [6.07, 6.45) is -0.281. The molecule has 11 heteroatoms. The number of ketones is 4.